The summed E-state index contributed by atoms with van der Waals surface area (Å²) in [6.45, 7) is 5.71. The monoisotopic (exact) mass is 271 g/mol. The van der Waals surface area contributed by atoms with Crippen molar-refractivity contribution in [1.29, 1.82) is 0 Å². The Morgan fingerprint density at radius 3 is 2.83 bits per heavy atom. The van der Waals surface area contributed by atoms with Crippen molar-refractivity contribution in [3.63, 3.8) is 0 Å². The Hall–Kier alpha value is -0.910. The van der Waals surface area contributed by atoms with Crippen molar-refractivity contribution in [3.05, 3.63) is 16.5 Å². The number of methoxy groups -OCH3 is 1. The first-order chi connectivity index (χ1) is 8.56. The van der Waals surface area contributed by atoms with Gasteiger partial charge in [-0.3, -0.25) is 0 Å². The molecule has 1 unspecified atom stereocenters. The second-order valence-electron chi connectivity index (χ2n) is 4.58. The van der Waals surface area contributed by atoms with Crippen LogP contribution in [0.4, 0.5) is 5.82 Å². The van der Waals surface area contributed by atoms with Crippen LogP contribution in [0.25, 0.3) is 0 Å². The quantitative estimate of drug-likeness (QED) is 0.849. The van der Waals surface area contributed by atoms with Gasteiger partial charge in [-0.15, -0.1) is 0 Å². The van der Waals surface area contributed by atoms with E-state index >= 15 is 0 Å². The summed E-state index contributed by atoms with van der Waals surface area (Å²) in [5.41, 5.74) is 0.588. The molecule has 1 N–H and O–H groups in total. The Morgan fingerprint density at radius 1 is 1.44 bits per heavy atom. The third-order valence-electron chi connectivity index (χ3n) is 3.28. The largest absolute Gasteiger partial charge is 0.378 e. The lowest BCUT2D eigenvalue weighted by Crippen LogP contribution is -2.39. The first-order valence-corrected chi connectivity index (χ1v) is 6.32. The van der Waals surface area contributed by atoms with Crippen LogP contribution in [-0.4, -0.2) is 42.4 Å². The molecule has 6 heteroatoms. The molecule has 2 rings (SSSR count). The maximum atomic E-state index is 6.04. The number of rotatable bonds is 4. The predicted octanol–water partition coefficient (Wildman–Crippen LogP) is 1.96. The molecule has 0 aliphatic carbocycles. The second-order valence-corrected chi connectivity index (χ2v) is 4.94. The number of halogens is 1. The van der Waals surface area contributed by atoms with Crippen molar-refractivity contribution in [3.8, 4) is 0 Å². The van der Waals surface area contributed by atoms with Gasteiger partial charge in [-0.25, -0.2) is 9.97 Å². The lowest BCUT2D eigenvalue weighted by molar-refractivity contribution is -0.00626. The summed E-state index contributed by atoms with van der Waals surface area (Å²) in [7, 11) is 1.71. The number of aromatic nitrogens is 2. The molecule has 1 aliphatic rings. The molecule has 0 spiro atoms. The summed E-state index contributed by atoms with van der Waals surface area (Å²) in [5.74, 6) is 1.41. The van der Waals surface area contributed by atoms with E-state index in [9.17, 15) is 0 Å². The highest BCUT2D eigenvalue weighted by atomic mass is 35.5. The van der Waals surface area contributed by atoms with Crippen LogP contribution in [0, 0.1) is 13.8 Å². The molecule has 0 bridgehead atoms. The number of hydrogen-bond acceptors (Lipinski definition) is 5. The molecule has 1 fully saturated rings. The molecule has 0 radical (unpaired) electrons. The molecule has 1 aliphatic heterocycles. The van der Waals surface area contributed by atoms with Crippen LogP contribution in [0.2, 0.25) is 5.15 Å². The number of nitrogens with zero attached hydrogens (tertiary/aromatic N) is 2. The summed E-state index contributed by atoms with van der Waals surface area (Å²) in [5, 5.41) is 3.77. The molecular formula is C12H18ClN3O2. The lowest BCUT2D eigenvalue weighted by Gasteiger charge is -2.26. The van der Waals surface area contributed by atoms with Gasteiger partial charge in [0.05, 0.1) is 6.61 Å². The van der Waals surface area contributed by atoms with Gasteiger partial charge < -0.3 is 14.8 Å². The van der Waals surface area contributed by atoms with Crippen molar-refractivity contribution in [1.82, 2.24) is 9.97 Å². The molecule has 1 aromatic heterocycles. The third-order valence-corrected chi connectivity index (χ3v) is 3.64. The molecular weight excluding hydrogens is 254 g/mol. The highest BCUT2D eigenvalue weighted by Gasteiger charge is 2.35. The standard InChI is InChI=1S/C12H18ClN3O2/c1-8-10(13)15-9(2)16-11(8)14-6-12(17-3)4-5-18-7-12/h4-7H2,1-3H3,(H,14,15,16). The minimum absolute atomic E-state index is 0.266. The fraction of sp³-hybridized carbons (Fsp3) is 0.667. The van der Waals surface area contributed by atoms with Crippen LogP contribution in [-0.2, 0) is 9.47 Å². The highest BCUT2D eigenvalue weighted by molar-refractivity contribution is 6.30. The number of hydrogen-bond donors (Lipinski definition) is 1. The summed E-state index contributed by atoms with van der Waals surface area (Å²) in [6.07, 6.45) is 0.882. The zero-order valence-corrected chi connectivity index (χ0v) is 11.7. The van der Waals surface area contributed by atoms with E-state index in [4.69, 9.17) is 21.1 Å². The number of aryl methyl sites for hydroxylation is 1. The average Bonchev–Trinajstić information content (AvgIpc) is 2.81. The van der Waals surface area contributed by atoms with E-state index in [1.165, 1.54) is 0 Å². The van der Waals surface area contributed by atoms with Gasteiger partial charge in [-0.05, 0) is 13.8 Å². The molecule has 1 atom stereocenters. The Balaban J connectivity index is 2.10. The molecule has 0 aromatic carbocycles. The smallest absolute Gasteiger partial charge is 0.137 e. The van der Waals surface area contributed by atoms with E-state index in [-0.39, 0.29) is 5.60 Å². The highest BCUT2D eigenvalue weighted by Crippen LogP contribution is 2.25. The Kier molecular flexibility index (Phi) is 4.04. The van der Waals surface area contributed by atoms with Crippen LogP contribution in [0.1, 0.15) is 17.8 Å². The molecule has 1 saturated heterocycles. The first kappa shape index (κ1) is 13.5. The topological polar surface area (TPSA) is 56.3 Å². The van der Waals surface area contributed by atoms with Gasteiger partial charge in [-0.1, -0.05) is 11.6 Å². The van der Waals surface area contributed by atoms with Gasteiger partial charge in [0, 0.05) is 32.2 Å². The van der Waals surface area contributed by atoms with Gasteiger partial charge in [0.2, 0.25) is 0 Å². The number of nitrogens with one attached hydrogen (secondary N) is 1. The van der Waals surface area contributed by atoms with Crippen LogP contribution in [0.5, 0.6) is 0 Å². The number of anilines is 1. The van der Waals surface area contributed by atoms with Crippen molar-refractivity contribution < 1.29 is 9.47 Å². The summed E-state index contributed by atoms with van der Waals surface area (Å²) in [6, 6.07) is 0. The zero-order chi connectivity index (χ0) is 13.2. The third kappa shape index (κ3) is 2.74. The Labute approximate surface area is 112 Å². The van der Waals surface area contributed by atoms with E-state index in [0.29, 0.717) is 24.1 Å². The summed E-state index contributed by atoms with van der Waals surface area (Å²) in [4.78, 5) is 8.47. The maximum Gasteiger partial charge on any atom is 0.137 e. The van der Waals surface area contributed by atoms with Gasteiger partial charge in [-0.2, -0.15) is 0 Å². The molecule has 5 nitrogen and oxygen atoms in total. The zero-order valence-electron chi connectivity index (χ0n) is 10.9. The molecule has 18 heavy (non-hydrogen) atoms. The van der Waals surface area contributed by atoms with Crippen LogP contribution in [0.15, 0.2) is 0 Å². The van der Waals surface area contributed by atoms with E-state index in [2.05, 4.69) is 15.3 Å². The molecule has 1 aromatic rings. The van der Waals surface area contributed by atoms with Crippen molar-refractivity contribution in [2.24, 2.45) is 0 Å². The Morgan fingerprint density at radius 2 is 2.22 bits per heavy atom. The van der Waals surface area contributed by atoms with Crippen molar-refractivity contribution in [2.45, 2.75) is 25.9 Å². The second kappa shape index (κ2) is 5.38. The van der Waals surface area contributed by atoms with E-state index in [1.807, 2.05) is 13.8 Å². The first-order valence-electron chi connectivity index (χ1n) is 5.94. The van der Waals surface area contributed by atoms with Gasteiger partial charge in [0.15, 0.2) is 0 Å². The maximum absolute atomic E-state index is 6.04. The molecule has 100 valence electrons. The SMILES string of the molecule is COC1(CNc2nc(C)nc(Cl)c2C)CCOC1. The Bertz CT molecular complexity index is 434. The van der Waals surface area contributed by atoms with Gasteiger partial charge in [0.1, 0.15) is 22.4 Å². The van der Waals surface area contributed by atoms with Crippen molar-refractivity contribution >= 4 is 17.4 Å². The van der Waals surface area contributed by atoms with Crippen molar-refractivity contribution in [2.75, 3.05) is 32.2 Å². The molecule has 2 heterocycles. The van der Waals surface area contributed by atoms with Gasteiger partial charge in [0.25, 0.3) is 0 Å². The van der Waals surface area contributed by atoms with Crippen LogP contribution in [0.3, 0.4) is 0 Å². The average molecular weight is 272 g/mol. The van der Waals surface area contributed by atoms with E-state index < -0.39 is 0 Å². The predicted molar refractivity (Wildman–Crippen MR) is 70.2 cm³/mol. The van der Waals surface area contributed by atoms with Crippen LogP contribution < -0.4 is 5.32 Å². The summed E-state index contributed by atoms with van der Waals surface area (Å²) >= 11 is 6.04. The minimum Gasteiger partial charge on any atom is -0.378 e. The molecule has 0 saturated carbocycles. The van der Waals surface area contributed by atoms with E-state index in [1.54, 1.807) is 7.11 Å². The minimum atomic E-state index is -0.266. The van der Waals surface area contributed by atoms with Gasteiger partial charge >= 0.3 is 0 Å². The fourth-order valence-electron chi connectivity index (χ4n) is 1.97. The summed E-state index contributed by atoms with van der Waals surface area (Å²) < 4.78 is 11.0. The lowest BCUT2D eigenvalue weighted by atomic mass is 10.0. The fourth-order valence-corrected chi connectivity index (χ4v) is 2.18. The van der Waals surface area contributed by atoms with E-state index in [0.717, 1.165) is 24.4 Å². The molecule has 0 amide bonds. The van der Waals surface area contributed by atoms with Crippen LogP contribution >= 0.6 is 11.6 Å². The normalized spacial score (nSPS) is 23.3. The number of ether oxygens (including phenoxy) is 2.